The summed E-state index contributed by atoms with van der Waals surface area (Å²) in [6.45, 7) is 12.3. The summed E-state index contributed by atoms with van der Waals surface area (Å²) in [5, 5.41) is 0. The zero-order chi connectivity index (χ0) is 12.8. The molecule has 0 aliphatic heterocycles. The average Bonchev–Trinajstić information content (AvgIpc) is 2.35. The average molecular weight is 247 g/mol. The Kier molecular flexibility index (Phi) is 13.0. The van der Waals surface area contributed by atoms with Crippen molar-refractivity contribution in [2.24, 2.45) is 0 Å². The van der Waals surface area contributed by atoms with Gasteiger partial charge in [-0.1, -0.05) is 6.58 Å². The highest BCUT2D eigenvalue weighted by atomic mass is 16.7. The Labute approximate surface area is 104 Å². The predicted octanol–water partition coefficient (Wildman–Crippen LogP) is 1.39. The van der Waals surface area contributed by atoms with Crippen molar-refractivity contribution >= 4 is 0 Å². The van der Waals surface area contributed by atoms with Crippen LogP contribution in [0.5, 0.6) is 0 Å². The lowest BCUT2D eigenvalue weighted by Gasteiger charge is -2.18. The number of rotatable bonds is 13. The van der Waals surface area contributed by atoms with Crippen molar-refractivity contribution in [2.75, 3.05) is 46.2 Å². The molecule has 1 unspecified atom stereocenters. The fourth-order valence-electron chi connectivity index (χ4n) is 1.02. The molecule has 0 fully saturated rings. The number of ether oxygens (including phenoxy) is 5. The molecule has 0 saturated carbocycles. The topological polar surface area (TPSA) is 46.2 Å². The summed E-state index contributed by atoms with van der Waals surface area (Å²) in [7, 11) is 0. The second-order valence-corrected chi connectivity index (χ2v) is 2.98. The molecule has 0 aromatic rings. The van der Waals surface area contributed by atoms with Crippen LogP contribution in [0.15, 0.2) is 12.8 Å². The summed E-state index contributed by atoms with van der Waals surface area (Å²) in [6, 6.07) is 0. The highest BCUT2D eigenvalue weighted by Gasteiger charge is 2.09. The second-order valence-electron chi connectivity index (χ2n) is 2.98. The SMILES string of the molecule is [CH2]COCC(OCCOC=C)OCCOCC. The van der Waals surface area contributed by atoms with Gasteiger partial charge in [0.15, 0.2) is 6.29 Å². The maximum Gasteiger partial charge on any atom is 0.181 e. The van der Waals surface area contributed by atoms with Gasteiger partial charge in [-0.2, -0.15) is 0 Å². The number of hydrogen-bond acceptors (Lipinski definition) is 5. The van der Waals surface area contributed by atoms with Gasteiger partial charge in [-0.3, -0.25) is 0 Å². The molecule has 0 N–H and O–H groups in total. The standard InChI is InChI=1S/C12H23O5/c1-4-13-7-9-16-12(11-15-6-3)17-10-8-14-5-2/h4,12H,1,3,5-11H2,2H3. The van der Waals surface area contributed by atoms with Crippen LogP contribution in [0.2, 0.25) is 0 Å². The van der Waals surface area contributed by atoms with Crippen LogP contribution < -0.4 is 0 Å². The molecule has 0 saturated heterocycles. The summed E-state index contributed by atoms with van der Waals surface area (Å²) in [4.78, 5) is 0. The maximum absolute atomic E-state index is 5.45. The van der Waals surface area contributed by atoms with Gasteiger partial charge in [0.1, 0.15) is 6.61 Å². The van der Waals surface area contributed by atoms with Crippen LogP contribution in [0.4, 0.5) is 0 Å². The van der Waals surface area contributed by atoms with E-state index in [2.05, 4.69) is 13.5 Å². The lowest BCUT2D eigenvalue weighted by molar-refractivity contribution is -0.180. The first kappa shape index (κ1) is 16.4. The summed E-state index contributed by atoms with van der Waals surface area (Å²) in [6.07, 6.45) is 0.964. The van der Waals surface area contributed by atoms with Crippen LogP contribution in [-0.2, 0) is 23.7 Å². The Bertz CT molecular complexity index is 163. The first-order valence-electron chi connectivity index (χ1n) is 5.75. The minimum Gasteiger partial charge on any atom is -0.499 e. The van der Waals surface area contributed by atoms with Crippen molar-refractivity contribution in [3.63, 3.8) is 0 Å². The van der Waals surface area contributed by atoms with Gasteiger partial charge >= 0.3 is 0 Å². The van der Waals surface area contributed by atoms with Gasteiger partial charge in [0.2, 0.25) is 0 Å². The lowest BCUT2D eigenvalue weighted by Crippen LogP contribution is -2.26. The van der Waals surface area contributed by atoms with Gasteiger partial charge in [-0.05, 0) is 13.8 Å². The highest BCUT2D eigenvalue weighted by molar-refractivity contribution is 4.49. The molecule has 1 radical (unpaired) electrons. The molecule has 0 aliphatic rings. The quantitative estimate of drug-likeness (QED) is 0.280. The Morgan fingerprint density at radius 3 is 2.35 bits per heavy atom. The molecule has 0 bridgehead atoms. The third-order valence-electron chi connectivity index (χ3n) is 1.76. The van der Waals surface area contributed by atoms with Crippen LogP contribution >= 0.6 is 0 Å². The minimum atomic E-state index is -0.411. The fraction of sp³-hybridized carbons (Fsp3) is 0.750. The second kappa shape index (κ2) is 13.4. The summed E-state index contributed by atoms with van der Waals surface area (Å²) < 4.78 is 26.1. The summed E-state index contributed by atoms with van der Waals surface area (Å²) >= 11 is 0. The van der Waals surface area contributed by atoms with Gasteiger partial charge in [0.05, 0.1) is 32.7 Å². The molecular weight excluding hydrogens is 224 g/mol. The van der Waals surface area contributed by atoms with Crippen molar-refractivity contribution < 1.29 is 23.7 Å². The molecule has 0 spiro atoms. The van der Waals surface area contributed by atoms with E-state index in [0.717, 1.165) is 0 Å². The molecule has 0 rings (SSSR count). The van der Waals surface area contributed by atoms with Crippen LogP contribution in [0.1, 0.15) is 6.92 Å². The van der Waals surface area contributed by atoms with Crippen LogP contribution in [0.25, 0.3) is 0 Å². The van der Waals surface area contributed by atoms with E-state index < -0.39 is 6.29 Å². The zero-order valence-electron chi connectivity index (χ0n) is 10.6. The fourth-order valence-corrected chi connectivity index (χ4v) is 1.02. The molecule has 0 aromatic carbocycles. The zero-order valence-corrected chi connectivity index (χ0v) is 10.6. The molecular formula is C12H23O5. The van der Waals surface area contributed by atoms with Gasteiger partial charge in [-0.25, -0.2) is 0 Å². The smallest absolute Gasteiger partial charge is 0.181 e. The van der Waals surface area contributed by atoms with E-state index in [1.54, 1.807) is 0 Å². The summed E-state index contributed by atoms with van der Waals surface area (Å²) in [5.41, 5.74) is 0. The van der Waals surface area contributed by atoms with Crippen LogP contribution in [0.3, 0.4) is 0 Å². The van der Waals surface area contributed by atoms with E-state index in [9.17, 15) is 0 Å². The minimum absolute atomic E-state index is 0.351. The van der Waals surface area contributed by atoms with E-state index in [1.807, 2.05) is 6.92 Å². The van der Waals surface area contributed by atoms with Crippen molar-refractivity contribution in [2.45, 2.75) is 13.2 Å². The van der Waals surface area contributed by atoms with E-state index in [-0.39, 0.29) is 0 Å². The highest BCUT2D eigenvalue weighted by Crippen LogP contribution is 1.97. The first-order chi connectivity index (χ1) is 8.35. The van der Waals surface area contributed by atoms with Gasteiger partial charge in [0.25, 0.3) is 0 Å². The van der Waals surface area contributed by atoms with Gasteiger partial charge in [0, 0.05) is 13.2 Å². The normalized spacial score (nSPS) is 12.4. The van der Waals surface area contributed by atoms with E-state index in [4.69, 9.17) is 23.7 Å². The molecule has 1 atom stereocenters. The maximum atomic E-state index is 5.45. The molecule has 5 nitrogen and oxygen atoms in total. The van der Waals surface area contributed by atoms with Crippen LogP contribution in [-0.4, -0.2) is 52.5 Å². The molecule has 101 valence electrons. The Morgan fingerprint density at radius 1 is 1.06 bits per heavy atom. The van der Waals surface area contributed by atoms with E-state index in [0.29, 0.717) is 46.2 Å². The number of hydrogen-bond donors (Lipinski definition) is 0. The first-order valence-corrected chi connectivity index (χ1v) is 5.75. The van der Waals surface area contributed by atoms with Crippen molar-refractivity contribution in [1.29, 1.82) is 0 Å². The van der Waals surface area contributed by atoms with Gasteiger partial charge < -0.3 is 23.7 Å². The molecule has 0 amide bonds. The Hall–Kier alpha value is -0.620. The largest absolute Gasteiger partial charge is 0.499 e. The molecule has 0 heterocycles. The van der Waals surface area contributed by atoms with Crippen LogP contribution in [0, 0.1) is 6.92 Å². The lowest BCUT2D eigenvalue weighted by atomic mass is 10.6. The van der Waals surface area contributed by atoms with Crippen molar-refractivity contribution in [3.05, 3.63) is 19.8 Å². The molecule has 17 heavy (non-hydrogen) atoms. The van der Waals surface area contributed by atoms with Crippen molar-refractivity contribution in [1.82, 2.24) is 0 Å². The van der Waals surface area contributed by atoms with E-state index >= 15 is 0 Å². The van der Waals surface area contributed by atoms with Gasteiger partial charge in [-0.15, -0.1) is 0 Å². The Balaban J connectivity index is 3.59. The Morgan fingerprint density at radius 2 is 1.76 bits per heavy atom. The van der Waals surface area contributed by atoms with E-state index in [1.165, 1.54) is 6.26 Å². The van der Waals surface area contributed by atoms with Crippen molar-refractivity contribution in [3.8, 4) is 0 Å². The third-order valence-corrected chi connectivity index (χ3v) is 1.76. The predicted molar refractivity (Wildman–Crippen MR) is 64.5 cm³/mol. The third kappa shape index (κ3) is 11.6. The molecule has 0 aliphatic carbocycles. The molecule has 5 heteroatoms. The molecule has 0 aromatic heterocycles. The summed E-state index contributed by atoms with van der Waals surface area (Å²) in [5.74, 6) is 0. The monoisotopic (exact) mass is 247 g/mol.